The summed E-state index contributed by atoms with van der Waals surface area (Å²) in [6, 6.07) is 2.21. The molecule has 0 unspecified atom stereocenters. The summed E-state index contributed by atoms with van der Waals surface area (Å²) in [7, 11) is 0. The van der Waals surface area contributed by atoms with E-state index in [1.165, 1.54) is 0 Å². The molecule has 1 aromatic rings. The molecule has 2 fully saturated rings. The van der Waals surface area contributed by atoms with Crippen molar-refractivity contribution in [3.05, 3.63) is 12.3 Å². The van der Waals surface area contributed by atoms with E-state index in [9.17, 15) is 4.79 Å². The van der Waals surface area contributed by atoms with E-state index < -0.39 is 0 Å². The number of carbonyl (C=O) groups excluding carboxylic acids is 1. The zero-order valence-corrected chi connectivity index (χ0v) is 14.8. The van der Waals surface area contributed by atoms with Gasteiger partial charge in [0.25, 0.3) is 0 Å². The first kappa shape index (κ1) is 17.0. The van der Waals surface area contributed by atoms with E-state index in [0.717, 1.165) is 44.5 Å². The molecule has 132 valence electrons. The number of piperazine rings is 1. The molecule has 2 atom stereocenters. The molecule has 0 radical (unpaired) electrons. The van der Waals surface area contributed by atoms with Gasteiger partial charge in [-0.2, -0.15) is 4.98 Å². The Kier molecular flexibility index (Phi) is 5.18. The van der Waals surface area contributed by atoms with Crippen LogP contribution in [0, 0.1) is 0 Å². The summed E-state index contributed by atoms with van der Waals surface area (Å²) in [6.45, 7) is 10.8. The molecule has 3 heterocycles. The summed E-state index contributed by atoms with van der Waals surface area (Å²) in [4.78, 5) is 27.4. The van der Waals surface area contributed by atoms with Gasteiger partial charge in [-0.25, -0.2) is 4.98 Å². The molecular weight excluding hydrogens is 306 g/mol. The zero-order valence-electron chi connectivity index (χ0n) is 14.8. The van der Waals surface area contributed by atoms with Crippen LogP contribution in [0.1, 0.15) is 27.2 Å². The topological polar surface area (TPSA) is 61.8 Å². The van der Waals surface area contributed by atoms with Gasteiger partial charge in [-0.15, -0.1) is 0 Å². The number of ether oxygens (including phenoxy) is 1. The number of aromatic nitrogens is 2. The number of morpholine rings is 1. The van der Waals surface area contributed by atoms with Crippen LogP contribution in [0.15, 0.2) is 12.3 Å². The molecule has 0 saturated carbocycles. The maximum absolute atomic E-state index is 11.8. The van der Waals surface area contributed by atoms with Crippen LogP contribution in [-0.2, 0) is 9.53 Å². The van der Waals surface area contributed by atoms with Gasteiger partial charge in [-0.3, -0.25) is 4.79 Å². The molecule has 2 aliphatic heterocycles. The van der Waals surface area contributed by atoms with E-state index >= 15 is 0 Å². The fourth-order valence-electron chi connectivity index (χ4n) is 3.28. The predicted octanol–water partition coefficient (Wildman–Crippen LogP) is 1.15. The normalized spacial score (nSPS) is 25.0. The molecule has 7 heteroatoms. The first-order valence-corrected chi connectivity index (χ1v) is 8.84. The van der Waals surface area contributed by atoms with Gasteiger partial charge in [0.2, 0.25) is 11.9 Å². The summed E-state index contributed by atoms with van der Waals surface area (Å²) in [5, 5.41) is 0. The summed E-state index contributed by atoms with van der Waals surface area (Å²) >= 11 is 0. The summed E-state index contributed by atoms with van der Waals surface area (Å²) in [6.07, 6.45) is 2.58. The molecule has 0 aliphatic carbocycles. The molecule has 0 spiro atoms. The van der Waals surface area contributed by atoms with Gasteiger partial charge >= 0.3 is 0 Å². The van der Waals surface area contributed by atoms with Crippen molar-refractivity contribution < 1.29 is 9.53 Å². The fourth-order valence-corrected chi connectivity index (χ4v) is 3.28. The number of anilines is 2. The average molecular weight is 333 g/mol. The largest absolute Gasteiger partial charge is 0.375 e. The van der Waals surface area contributed by atoms with Crippen LogP contribution in [0.3, 0.4) is 0 Å². The van der Waals surface area contributed by atoms with Crippen molar-refractivity contribution in [1.82, 2.24) is 14.9 Å². The molecule has 1 amide bonds. The van der Waals surface area contributed by atoms with Crippen LogP contribution in [0.4, 0.5) is 11.8 Å². The highest BCUT2D eigenvalue weighted by Crippen LogP contribution is 2.22. The van der Waals surface area contributed by atoms with Gasteiger partial charge in [0.05, 0.1) is 18.8 Å². The van der Waals surface area contributed by atoms with Gasteiger partial charge in [0.1, 0.15) is 5.82 Å². The maximum Gasteiger partial charge on any atom is 0.227 e. The van der Waals surface area contributed by atoms with Crippen molar-refractivity contribution >= 4 is 17.7 Å². The van der Waals surface area contributed by atoms with Crippen LogP contribution < -0.4 is 9.80 Å². The van der Waals surface area contributed by atoms with E-state index in [1.54, 1.807) is 0 Å². The molecule has 24 heavy (non-hydrogen) atoms. The van der Waals surface area contributed by atoms with E-state index in [2.05, 4.69) is 28.6 Å². The van der Waals surface area contributed by atoms with Crippen LogP contribution in [0.5, 0.6) is 0 Å². The minimum atomic E-state index is 0.176. The number of nitrogens with zero attached hydrogens (tertiary/aromatic N) is 5. The Morgan fingerprint density at radius 2 is 2.00 bits per heavy atom. The standard InChI is InChI=1S/C17H27N5O2/c1-4-16(23)21-9-7-20(8-10-21)15-5-6-18-17(19-15)22-11-12-24-14(3)13(22)2/h5-6,13-14H,4,7-12H2,1-3H3/t13-,14-/m0/s1. The maximum atomic E-state index is 11.8. The molecule has 2 aliphatic rings. The highest BCUT2D eigenvalue weighted by molar-refractivity contribution is 5.76. The summed E-state index contributed by atoms with van der Waals surface area (Å²) in [5.41, 5.74) is 0. The molecule has 2 saturated heterocycles. The van der Waals surface area contributed by atoms with Gasteiger partial charge < -0.3 is 19.4 Å². The average Bonchev–Trinajstić information content (AvgIpc) is 2.63. The highest BCUT2D eigenvalue weighted by Gasteiger charge is 2.28. The van der Waals surface area contributed by atoms with Crippen molar-refractivity contribution in [3.8, 4) is 0 Å². The quantitative estimate of drug-likeness (QED) is 0.827. The lowest BCUT2D eigenvalue weighted by Gasteiger charge is -2.39. The fraction of sp³-hybridized carbons (Fsp3) is 0.706. The minimum Gasteiger partial charge on any atom is -0.375 e. The van der Waals surface area contributed by atoms with Gasteiger partial charge in [0.15, 0.2) is 0 Å². The Morgan fingerprint density at radius 1 is 1.25 bits per heavy atom. The summed E-state index contributed by atoms with van der Waals surface area (Å²) < 4.78 is 5.69. The Bertz CT molecular complexity index is 574. The number of carbonyl (C=O) groups is 1. The van der Waals surface area contributed by atoms with Crippen LogP contribution in [0.2, 0.25) is 0 Å². The summed E-state index contributed by atoms with van der Waals surface area (Å²) in [5.74, 6) is 1.94. The number of hydrogen-bond donors (Lipinski definition) is 0. The van der Waals surface area contributed by atoms with Gasteiger partial charge in [-0.05, 0) is 19.9 Å². The Balaban J connectivity index is 1.69. The first-order chi connectivity index (χ1) is 11.6. The lowest BCUT2D eigenvalue weighted by atomic mass is 10.1. The Hall–Kier alpha value is -1.89. The SMILES string of the molecule is CCC(=O)N1CCN(c2ccnc(N3CCO[C@@H](C)[C@@H]3C)n2)CC1. The third-order valence-electron chi connectivity index (χ3n) is 5.03. The smallest absolute Gasteiger partial charge is 0.227 e. The second-order valence-electron chi connectivity index (χ2n) is 6.45. The molecule has 1 aromatic heterocycles. The highest BCUT2D eigenvalue weighted by atomic mass is 16.5. The second kappa shape index (κ2) is 7.34. The third-order valence-corrected chi connectivity index (χ3v) is 5.03. The lowest BCUT2D eigenvalue weighted by Crippen LogP contribution is -2.50. The number of hydrogen-bond acceptors (Lipinski definition) is 6. The minimum absolute atomic E-state index is 0.176. The Labute approximate surface area is 143 Å². The van der Waals surface area contributed by atoms with Gasteiger partial charge in [0, 0.05) is 45.3 Å². The van der Waals surface area contributed by atoms with E-state index in [-0.39, 0.29) is 18.1 Å². The van der Waals surface area contributed by atoms with Crippen LogP contribution >= 0.6 is 0 Å². The molecule has 7 nitrogen and oxygen atoms in total. The predicted molar refractivity (Wildman–Crippen MR) is 93.3 cm³/mol. The van der Waals surface area contributed by atoms with Crippen molar-refractivity contribution in [2.45, 2.75) is 39.3 Å². The second-order valence-corrected chi connectivity index (χ2v) is 6.45. The van der Waals surface area contributed by atoms with Crippen LogP contribution in [0.25, 0.3) is 0 Å². The molecule has 3 rings (SSSR count). The number of rotatable bonds is 3. The van der Waals surface area contributed by atoms with Gasteiger partial charge in [-0.1, -0.05) is 6.92 Å². The van der Waals surface area contributed by atoms with E-state index in [0.29, 0.717) is 13.0 Å². The number of amides is 1. The first-order valence-electron chi connectivity index (χ1n) is 8.84. The van der Waals surface area contributed by atoms with E-state index in [4.69, 9.17) is 9.72 Å². The third kappa shape index (κ3) is 3.45. The Morgan fingerprint density at radius 3 is 2.71 bits per heavy atom. The monoisotopic (exact) mass is 333 g/mol. The van der Waals surface area contributed by atoms with Crippen LogP contribution in [-0.4, -0.2) is 72.3 Å². The lowest BCUT2D eigenvalue weighted by molar-refractivity contribution is -0.131. The van der Waals surface area contributed by atoms with E-state index in [1.807, 2.05) is 24.1 Å². The molecule has 0 aromatic carbocycles. The van der Waals surface area contributed by atoms with Crippen molar-refractivity contribution in [3.63, 3.8) is 0 Å². The van der Waals surface area contributed by atoms with Crippen molar-refractivity contribution in [2.24, 2.45) is 0 Å². The van der Waals surface area contributed by atoms with Crippen molar-refractivity contribution in [1.29, 1.82) is 0 Å². The molecular formula is C17H27N5O2. The molecule has 0 bridgehead atoms. The molecule has 0 N–H and O–H groups in total. The zero-order chi connectivity index (χ0) is 17.1. The van der Waals surface area contributed by atoms with Crippen molar-refractivity contribution in [2.75, 3.05) is 49.1 Å².